The quantitative estimate of drug-likeness (QED) is 0.740. The zero-order valence-electron chi connectivity index (χ0n) is 10.3. The van der Waals surface area contributed by atoms with Crippen LogP contribution < -0.4 is 11.1 Å². The molecule has 3 N–H and O–H groups in total. The summed E-state index contributed by atoms with van der Waals surface area (Å²) in [4.78, 5) is 8.34. The van der Waals surface area contributed by atoms with E-state index in [0.29, 0.717) is 23.0 Å². The maximum absolute atomic E-state index is 13.8. The first-order valence-corrected chi connectivity index (χ1v) is 5.76. The second-order valence-corrected chi connectivity index (χ2v) is 4.23. The number of nitrogens with one attached hydrogen (secondary N) is 1. The highest BCUT2D eigenvalue weighted by atomic mass is 19.1. The molecule has 0 fully saturated rings. The third kappa shape index (κ3) is 1.97. The molecule has 0 amide bonds. The molecule has 0 spiro atoms. The lowest BCUT2D eigenvalue weighted by atomic mass is 10.2. The highest BCUT2D eigenvalue weighted by molar-refractivity contribution is 5.72. The molecular weight excluding hydrogens is 245 g/mol. The molecule has 6 heteroatoms. The van der Waals surface area contributed by atoms with E-state index in [4.69, 9.17) is 5.73 Å². The van der Waals surface area contributed by atoms with Crippen molar-refractivity contribution in [1.29, 1.82) is 0 Å². The van der Waals surface area contributed by atoms with Gasteiger partial charge in [-0.1, -0.05) is 12.1 Å². The van der Waals surface area contributed by atoms with Gasteiger partial charge in [0.15, 0.2) is 11.5 Å². The van der Waals surface area contributed by atoms with Crippen LogP contribution in [0, 0.1) is 12.7 Å². The Morgan fingerprint density at radius 1 is 1.37 bits per heavy atom. The van der Waals surface area contributed by atoms with Crippen molar-refractivity contribution in [3.8, 4) is 0 Å². The Morgan fingerprint density at radius 2 is 2.21 bits per heavy atom. The van der Waals surface area contributed by atoms with Crippen molar-refractivity contribution >= 4 is 23.0 Å². The Kier molecular flexibility index (Phi) is 2.56. The van der Waals surface area contributed by atoms with Crippen LogP contribution in [0.3, 0.4) is 0 Å². The van der Waals surface area contributed by atoms with E-state index in [0.717, 1.165) is 5.56 Å². The molecule has 5 nitrogen and oxygen atoms in total. The van der Waals surface area contributed by atoms with E-state index in [-0.39, 0.29) is 5.82 Å². The van der Waals surface area contributed by atoms with Crippen LogP contribution in [0.2, 0.25) is 0 Å². The molecule has 1 aromatic carbocycles. The number of hydrogen-bond donors (Lipinski definition) is 2. The molecule has 19 heavy (non-hydrogen) atoms. The second-order valence-electron chi connectivity index (χ2n) is 4.23. The molecule has 0 atom stereocenters. The fraction of sp³-hybridized carbons (Fsp3) is 0.0769. The lowest BCUT2D eigenvalue weighted by Gasteiger charge is -2.11. The minimum absolute atomic E-state index is 0.335. The van der Waals surface area contributed by atoms with E-state index in [9.17, 15) is 4.39 Å². The fourth-order valence-corrected chi connectivity index (χ4v) is 1.94. The van der Waals surface area contributed by atoms with Gasteiger partial charge in [0.2, 0.25) is 0 Å². The number of aryl methyl sites for hydroxylation is 1. The summed E-state index contributed by atoms with van der Waals surface area (Å²) in [7, 11) is 0. The van der Waals surface area contributed by atoms with Gasteiger partial charge in [-0.05, 0) is 18.6 Å². The molecule has 0 saturated heterocycles. The molecule has 0 saturated carbocycles. The van der Waals surface area contributed by atoms with E-state index in [1.54, 1.807) is 29.1 Å². The van der Waals surface area contributed by atoms with Crippen LogP contribution in [0.25, 0.3) is 5.65 Å². The summed E-state index contributed by atoms with van der Waals surface area (Å²) in [5.74, 6) is 0.425. The molecule has 96 valence electrons. The third-order valence-corrected chi connectivity index (χ3v) is 2.86. The van der Waals surface area contributed by atoms with E-state index < -0.39 is 0 Å². The molecule has 0 unspecified atom stereocenters. The number of halogens is 1. The lowest BCUT2D eigenvalue weighted by molar-refractivity contribution is 0.631. The Balaban J connectivity index is 2.13. The summed E-state index contributed by atoms with van der Waals surface area (Å²) in [6, 6.07) is 4.87. The average Bonchev–Trinajstić information content (AvgIpc) is 2.81. The maximum Gasteiger partial charge on any atom is 0.180 e. The van der Waals surface area contributed by atoms with Crippen molar-refractivity contribution < 1.29 is 4.39 Å². The number of nitrogen functional groups attached to an aromatic ring is 1. The molecule has 0 bridgehead atoms. The number of nitrogens with two attached hydrogens (primary N) is 1. The summed E-state index contributed by atoms with van der Waals surface area (Å²) in [6.07, 6.45) is 5.05. The molecule has 0 radical (unpaired) electrons. The van der Waals surface area contributed by atoms with Gasteiger partial charge in [-0.3, -0.25) is 0 Å². The number of benzene rings is 1. The molecular formula is C13H12FN5. The Bertz CT molecular complexity index is 730. The first-order chi connectivity index (χ1) is 9.15. The molecule has 0 aliphatic heterocycles. The van der Waals surface area contributed by atoms with Crippen LogP contribution in [0.15, 0.2) is 36.8 Å². The monoisotopic (exact) mass is 257 g/mol. The Labute approximate surface area is 108 Å². The van der Waals surface area contributed by atoms with Gasteiger partial charge in [0.25, 0.3) is 0 Å². The number of fused-ring (bicyclic) bond motifs is 1. The number of imidazole rings is 1. The van der Waals surface area contributed by atoms with Gasteiger partial charge in [-0.15, -0.1) is 0 Å². The topological polar surface area (TPSA) is 68.2 Å². The Hall–Kier alpha value is -2.63. The predicted molar refractivity (Wildman–Crippen MR) is 71.8 cm³/mol. The minimum Gasteiger partial charge on any atom is -0.382 e. The number of para-hydroxylation sites is 1. The van der Waals surface area contributed by atoms with Gasteiger partial charge in [-0.2, -0.15) is 0 Å². The zero-order valence-corrected chi connectivity index (χ0v) is 10.3. The SMILES string of the molecule is Cc1cccc(F)c1Nc1nc(N)cn2ccnc12. The minimum atomic E-state index is -0.339. The molecule has 0 aliphatic rings. The number of rotatable bonds is 2. The molecule has 3 rings (SSSR count). The van der Waals surface area contributed by atoms with E-state index in [1.165, 1.54) is 6.07 Å². The van der Waals surface area contributed by atoms with Crippen molar-refractivity contribution in [3.05, 3.63) is 48.2 Å². The number of hydrogen-bond acceptors (Lipinski definition) is 4. The average molecular weight is 257 g/mol. The van der Waals surface area contributed by atoms with Crippen molar-refractivity contribution in [3.63, 3.8) is 0 Å². The fourth-order valence-electron chi connectivity index (χ4n) is 1.94. The summed E-state index contributed by atoms with van der Waals surface area (Å²) >= 11 is 0. The van der Waals surface area contributed by atoms with Gasteiger partial charge in [0.05, 0.1) is 11.9 Å². The predicted octanol–water partition coefficient (Wildman–Crippen LogP) is 2.50. The number of nitrogens with zero attached hydrogens (tertiary/aromatic N) is 3. The first-order valence-electron chi connectivity index (χ1n) is 5.76. The smallest absolute Gasteiger partial charge is 0.180 e. The van der Waals surface area contributed by atoms with Crippen molar-refractivity contribution in [2.75, 3.05) is 11.1 Å². The number of aromatic nitrogens is 3. The molecule has 3 aromatic rings. The van der Waals surface area contributed by atoms with Crippen molar-refractivity contribution in [2.24, 2.45) is 0 Å². The molecule has 2 heterocycles. The van der Waals surface area contributed by atoms with Gasteiger partial charge in [-0.25, -0.2) is 14.4 Å². The maximum atomic E-state index is 13.8. The summed E-state index contributed by atoms with van der Waals surface area (Å²) in [6.45, 7) is 1.82. The Morgan fingerprint density at radius 3 is 3.00 bits per heavy atom. The van der Waals surface area contributed by atoms with Crippen molar-refractivity contribution in [1.82, 2.24) is 14.4 Å². The zero-order chi connectivity index (χ0) is 13.4. The molecule has 0 aliphatic carbocycles. The lowest BCUT2D eigenvalue weighted by Crippen LogP contribution is -2.04. The summed E-state index contributed by atoms with van der Waals surface area (Å²) < 4.78 is 15.6. The normalized spacial score (nSPS) is 10.8. The van der Waals surface area contributed by atoms with Crippen LogP contribution in [-0.2, 0) is 0 Å². The van der Waals surface area contributed by atoms with Gasteiger partial charge in [0, 0.05) is 12.4 Å². The summed E-state index contributed by atoms with van der Waals surface area (Å²) in [5, 5.41) is 2.96. The van der Waals surface area contributed by atoms with E-state index >= 15 is 0 Å². The third-order valence-electron chi connectivity index (χ3n) is 2.86. The van der Waals surface area contributed by atoms with Crippen LogP contribution in [0.4, 0.5) is 21.7 Å². The molecule has 2 aromatic heterocycles. The standard InChI is InChI=1S/C13H12FN5/c1-8-3-2-4-9(14)11(8)18-12-13-16-5-6-19(13)7-10(15)17-12/h2-7H,15H2,1H3,(H,17,18). The van der Waals surface area contributed by atoms with Crippen molar-refractivity contribution in [2.45, 2.75) is 6.92 Å². The second kappa shape index (κ2) is 4.24. The van der Waals surface area contributed by atoms with Crippen LogP contribution in [-0.4, -0.2) is 14.4 Å². The van der Waals surface area contributed by atoms with Crippen LogP contribution >= 0.6 is 0 Å². The van der Waals surface area contributed by atoms with Crippen LogP contribution in [0.5, 0.6) is 0 Å². The van der Waals surface area contributed by atoms with Gasteiger partial charge in [0.1, 0.15) is 11.6 Å². The summed E-state index contributed by atoms with van der Waals surface area (Å²) in [5.41, 5.74) is 7.48. The van der Waals surface area contributed by atoms with Crippen LogP contribution in [0.1, 0.15) is 5.56 Å². The van der Waals surface area contributed by atoms with Gasteiger partial charge < -0.3 is 15.5 Å². The first kappa shape index (κ1) is 11.5. The van der Waals surface area contributed by atoms with E-state index in [2.05, 4.69) is 15.3 Å². The van der Waals surface area contributed by atoms with Gasteiger partial charge >= 0.3 is 0 Å². The largest absolute Gasteiger partial charge is 0.382 e. The highest BCUT2D eigenvalue weighted by Crippen LogP contribution is 2.25. The van der Waals surface area contributed by atoms with E-state index in [1.807, 2.05) is 13.0 Å². The highest BCUT2D eigenvalue weighted by Gasteiger charge is 2.10. The number of anilines is 3.